The maximum Gasteiger partial charge on any atom is 0.0173 e. The van der Waals surface area contributed by atoms with Gasteiger partial charge in [0.05, 0.1) is 0 Å². The first-order chi connectivity index (χ1) is 6.26. The van der Waals surface area contributed by atoms with Gasteiger partial charge in [-0.25, -0.2) is 0 Å². The molecule has 1 nitrogen and oxygen atoms in total. The summed E-state index contributed by atoms with van der Waals surface area (Å²) in [6.07, 6.45) is 8.19. The van der Waals surface area contributed by atoms with Gasteiger partial charge in [-0.3, -0.25) is 0 Å². The average Bonchev–Trinajstić information content (AvgIpc) is 2.11. The van der Waals surface area contributed by atoms with Crippen molar-refractivity contribution < 1.29 is 0 Å². The summed E-state index contributed by atoms with van der Waals surface area (Å²) in [4.78, 5) is 0. The van der Waals surface area contributed by atoms with Crippen LogP contribution >= 0.6 is 0 Å². The molecule has 1 rings (SSSR count). The van der Waals surface area contributed by atoms with E-state index >= 15 is 0 Å². The lowest BCUT2D eigenvalue weighted by Crippen LogP contribution is -2.46. The third-order valence-electron chi connectivity index (χ3n) is 4.02. The van der Waals surface area contributed by atoms with Crippen molar-refractivity contribution in [3.8, 4) is 0 Å². The standard InChI is InChI=1S/C12H25N/c1-4-12(5-2,6-3)13-10-11-8-7-9-11/h11,13H,4-10H2,1-3H3. The van der Waals surface area contributed by atoms with E-state index in [2.05, 4.69) is 26.1 Å². The lowest BCUT2D eigenvalue weighted by molar-refractivity contribution is 0.227. The Balaban J connectivity index is 2.27. The molecule has 1 fully saturated rings. The third kappa shape index (κ3) is 2.70. The van der Waals surface area contributed by atoms with Crippen molar-refractivity contribution in [2.24, 2.45) is 5.92 Å². The van der Waals surface area contributed by atoms with Crippen LogP contribution in [0.5, 0.6) is 0 Å². The summed E-state index contributed by atoms with van der Waals surface area (Å²) in [7, 11) is 0. The lowest BCUT2D eigenvalue weighted by atomic mass is 9.83. The van der Waals surface area contributed by atoms with E-state index in [-0.39, 0.29) is 0 Å². The Labute approximate surface area is 83.3 Å². The Morgan fingerprint density at radius 3 is 1.92 bits per heavy atom. The fourth-order valence-electron chi connectivity index (χ4n) is 2.18. The molecule has 0 atom stereocenters. The fourth-order valence-corrected chi connectivity index (χ4v) is 2.18. The van der Waals surface area contributed by atoms with Crippen LogP contribution in [0.4, 0.5) is 0 Å². The molecule has 78 valence electrons. The first-order valence-electron chi connectivity index (χ1n) is 6.01. The monoisotopic (exact) mass is 183 g/mol. The van der Waals surface area contributed by atoms with E-state index in [1.807, 2.05) is 0 Å². The molecule has 0 amide bonds. The van der Waals surface area contributed by atoms with Crippen LogP contribution in [-0.4, -0.2) is 12.1 Å². The molecule has 0 aromatic rings. The first-order valence-corrected chi connectivity index (χ1v) is 6.01. The highest BCUT2D eigenvalue weighted by Gasteiger charge is 2.25. The quantitative estimate of drug-likeness (QED) is 0.666. The minimum Gasteiger partial charge on any atom is -0.311 e. The van der Waals surface area contributed by atoms with Gasteiger partial charge in [0.15, 0.2) is 0 Å². The van der Waals surface area contributed by atoms with Gasteiger partial charge in [0.2, 0.25) is 0 Å². The fraction of sp³-hybridized carbons (Fsp3) is 1.00. The summed E-state index contributed by atoms with van der Waals surface area (Å²) < 4.78 is 0. The Kier molecular flexibility index (Phi) is 4.24. The van der Waals surface area contributed by atoms with Crippen LogP contribution in [0.15, 0.2) is 0 Å². The molecule has 1 heteroatoms. The smallest absolute Gasteiger partial charge is 0.0173 e. The highest BCUT2D eigenvalue weighted by atomic mass is 15.0. The van der Waals surface area contributed by atoms with Crippen molar-refractivity contribution >= 4 is 0 Å². The highest BCUT2D eigenvalue weighted by molar-refractivity contribution is 4.85. The van der Waals surface area contributed by atoms with Crippen molar-refractivity contribution in [2.75, 3.05) is 6.54 Å². The van der Waals surface area contributed by atoms with Gasteiger partial charge in [0.1, 0.15) is 0 Å². The first kappa shape index (κ1) is 11.0. The van der Waals surface area contributed by atoms with Crippen LogP contribution in [0.1, 0.15) is 59.3 Å². The zero-order chi connectivity index (χ0) is 9.73. The maximum absolute atomic E-state index is 3.78. The van der Waals surface area contributed by atoms with E-state index in [1.54, 1.807) is 0 Å². The topological polar surface area (TPSA) is 12.0 Å². The molecule has 0 aromatic carbocycles. The van der Waals surface area contributed by atoms with Crippen LogP contribution in [-0.2, 0) is 0 Å². The summed E-state index contributed by atoms with van der Waals surface area (Å²) in [6, 6.07) is 0. The second-order valence-electron chi connectivity index (χ2n) is 4.52. The number of nitrogens with one attached hydrogen (secondary N) is 1. The second kappa shape index (κ2) is 4.99. The van der Waals surface area contributed by atoms with Crippen LogP contribution in [0.3, 0.4) is 0 Å². The van der Waals surface area contributed by atoms with Crippen LogP contribution in [0, 0.1) is 5.92 Å². The van der Waals surface area contributed by atoms with E-state index in [0.29, 0.717) is 5.54 Å². The molecule has 0 aliphatic heterocycles. The van der Waals surface area contributed by atoms with Crippen LogP contribution < -0.4 is 5.32 Å². The van der Waals surface area contributed by atoms with Gasteiger partial charge < -0.3 is 5.32 Å². The molecule has 1 saturated carbocycles. The average molecular weight is 183 g/mol. The molecule has 1 aliphatic carbocycles. The predicted molar refractivity (Wildman–Crippen MR) is 58.9 cm³/mol. The molecule has 1 aliphatic rings. The second-order valence-corrected chi connectivity index (χ2v) is 4.52. The molecule has 0 radical (unpaired) electrons. The summed E-state index contributed by atoms with van der Waals surface area (Å²) in [5.41, 5.74) is 0.440. The SMILES string of the molecule is CCC(CC)(CC)NCC1CCC1. The zero-order valence-electron chi connectivity index (χ0n) is 9.53. The summed E-state index contributed by atoms with van der Waals surface area (Å²) in [5.74, 6) is 0.990. The van der Waals surface area contributed by atoms with Gasteiger partial charge in [-0.05, 0) is 44.6 Å². The summed E-state index contributed by atoms with van der Waals surface area (Å²) in [5, 5.41) is 3.78. The Hall–Kier alpha value is -0.0400. The molecule has 0 heterocycles. The van der Waals surface area contributed by atoms with Crippen LogP contribution in [0.2, 0.25) is 0 Å². The largest absolute Gasteiger partial charge is 0.311 e. The molecule has 0 unspecified atom stereocenters. The molecule has 0 aromatic heterocycles. The van der Waals surface area contributed by atoms with E-state index in [1.165, 1.54) is 45.1 Å². The van der Waals surface area contributed by atoms with Gasteiger partial charge in [-0.15, -0.1) is 0 Å². The third-order valence-corrected chi connectivity index (χ3v) is 4.02. The van der Waals surface area contributed by atoms with E-state index < -0.39 is 0 Å². The minimum atomic E-state index is 0.440. The van der Waals surface area contributed by atoms with Crippen molar-refractivity contribution in [2.45, 2.75) is 64.8 Å². The summed E-state index contributed by atoms with van der Waals surface area (Å²) >= 11 is 0. The van der Waals surface area contributed by atoms with Crippen LogP contribution in [0.25, 0.3) is 0 Å². The van der Waals surface area contributed by atoms with Crippen molar-refractivity contribution in [1.82, 2.24) is 5.32 Å². The molecule has 0 bridgehead atoms. The summed E-state index contributed by atoms with van der Waals surface area (Å²) in [6.45, 7) is 8.18. The molecule has 0 saturated heterocycles. The van der Waals surface area contributed by atoms with Crippen molar-refractivity contribution in [3.05, 3.63) is 0 Å². The van der Waals surface area contributed by atoms with Gasteiger partial charge in [-0.1, -0.05) is 27.2 Å². The molecular weight excluding hydrogens is 158 g/mol. The van der Waals surface area contributed by atoms with E-state index in [0.717, 1.165) is 5.92 Å². The van der Waals surface area contributed by atoms with Gasteiger partial charge in [0.25, 0.3) is 0 Å². The minimum absolute atomic E-state index is 0.440. The Morgan fingerprint density at radius 2 is 1.62 bits per heavy atom. The molecule has 1 N–H and O–H groups in total. The number of hydrogen-bond acceptors (Lipinski definition) is 1. The van der Waals surface area contributed by atoms with Gasteiger partial charge in [0, 0.05) is 5.54 Å². The van der Waals surface area contributed by atoms with Crippen molar-refractivity contribution in [3.63, 3.8) is 0 Å². The number of rotatable bonds is 6. The normalized spacial score (nSPS) is 18.7. The number of hydrogen-bond donors (Lipinski definition) is 1. The zero-order valence-corrected chi connectivity index (χ0v) is 9.53. The van der Waals surface area contributed by atoms with Gasteiger partial charge >= 0.3 is 0 Å². The van der Waals surface area contributed by atoms with Crippen molar-refractivity contribution in [1.29, 1.82) is 0 Å². The predicted octanol–water partition coefficient (Wildman–Crippen LogP) is 3.34. The van der Waals surface area contributed by atoms with E-state index in [4.69, 9.17) is 0 Å². The Morgan fingerprint density at radius 1 is 1.08 bits per heavy atom. The lowest BCUT2D eigenvalue weighted by Gasteiger charge is -2.36. The highest BCUT2D eigenvalue weighted by Crippen LogP contribution is 2.27. The Bertz CT molecular complexity index is 126. The molecule has 13 heavy (non-hydrogen) atoms. The molecular formula is C12H25N. The van der Waals surface area contributed by atoms with E-state index in [9.17, 15) is 0 Å². The molecule has 0 spiro atoms. The maximum atomic E-state index is 3.78. The van der Waals surface area contributed by atoms with Gasteiger partial charge in [-0.2, -0.15) is 0 Å².